The van der Waals surface area contributed by atoms with E-state index in [1.807, 2.05) is 31.2 Å². The fourth-order valence-corrected chi connectivity index (χ4v) is 3.34. The van der Waals surface area contributed by atoms with Gasteiger partial charge in [-0.3, -0.25) is 9.59 Å². The van der Waals surface area contributed by atoms with Crippen molar-refractivity contribution in [2.75, 3.05) is 5.32 Å². The molecular weight excluding hydrogens is 288 g/mol. The molecule has 0 radical (unpaired) electrons. The molecule has 2 rings (SSSR count). The first-order valence-corrected chi connectivity index (χ1v) is 8.67. The molecule has 0 heterocycles. The molecule has 4 heteroatoms. The summed E-state index contributed by atoms with van der Waals surface area (Å²) in [6.45, 7) is 5.63. The van der Waals surface area contributed by atoms with E-state index in [1.54, 1.807) is 0 Å². The largest absolute Gasteiger partial charge is 0.353 e. The molecule has 0 aliphatic heterocycles. The molecule has 4 nitrogen and oxygen atoms in total. The van der Waals surface area contributed by atoms with Crippen molar-refractivity contribution < 1.29 is 9.59 Å². The van der Waals surface area contributed by atoms with E-state index in [4.69, 9.17) is 0 Å². The van der Waals surface area contributed by atoms with Gasteiger partial charge in [-0.25, -0.2) is 0 Å². The zero-order valence-corrected chi connectivity index (χ0v) is 14.4. The normalized spacial score (nSPS) is 18.0. The van der Waals surface area contributed by atoms with Crippen LogP contribution in [-0.4, -0.2) is 17.9 Å². The van der Waals surface area contributed by atoms with E-state index >= 15 is 0 Å². The number of rotatable bonds is 5. The van der Waals surface area contributed by atoms with Crippen molar-refractivity contribution in [1.82, 2.24) is 5.32 Å². The Morgan fingerprint density at radius 2 is 1.74 bits per heavy atom. The number of anilines is 1. The van der Waals surface area contributed by atoms with Crippen LogP contribution in [0.1, 0.15) is 64.9 Å². The molecule has 1 aromatic rings. The molecule has 0 unspecified atom stereocenters. The van der Waals surface area contributed by atoms with Crippen molar-refractivity contribution in [2.45, 2.75) is 70.8 Å². The highest BCUT2D eigenvalue weighted by atomic mass is 16.2. The standard InChI is InChI=1S/C19H28N2O2/c1-4-14(2)20-18(23)19(12-6-5-7-13-19)16-8-10-17(11-9-16)21-15(3)22/h8-11,14H,4-7,12-13H2,1-3H3,(H,20,23)(H,21,22)/t14-/m1/s1. The molecule has 1 atom stereocenters. The van der Waals surface area contributed by atoms with Crippen LogP contribution in [0.3, 0.4) is 0 Å². The van der Waals surface area contributed by atoms with Crippen molar-refractivity contribution in [3.8, 4) is 0 Å². The van der Waals surface area contributed by atoms with E-state index < -0.39 is 5.41 Å². The first-order valence-electron chi connectivity index (χ1n) is 8.67. The summed E-state index contributed by atoms with van der Waals surface area (Å²) in [5.74, 6) is 0.0680. The summed E-state index contributed by atoms with van der Waals surface area (Å²) in [6.07, 6.45) is 6.10. The monoisotopic (exact) mass is 316 g/mol. The highest BCUT2D eigenvalue weighted by Crippen LogP contribution is 2.40. The fraction of sp³-hybridized carbons (Fsp3) is 0.579. The van der Waals surface area contributed by atoms with E-state index in [0.29, 0.717) is 0 Å². The maximum absolute atomic E-state index is 13.0. The van der Waals surface area contributed by atoms with Crippen molar-refractivity contribution >= 4 is 17.5 Å². The lowest BCUT2D eigenvalue weighted by molar-refractivity contribution is -0.128. The molecule has 0 bridgehead atoms. The maximum atomic E-state index is 13.0. The summed E-state index contributed by atoms with van der Waals surface area (Å²) >= 11 is 0. The van der Waals surface area contributed by atoms with Crippen LogP contribution in [0.5, 0.6) is 0 Å². The molecule has 0 saturated heterocycles. The van der Waals surface area contributed by atoms with Crippen molar-refractivity contribution in [2.24, 2.45) is 0 Å². The minimum absolute atomic E-state index is 0.0837. The first-order chi connectivity index (χ1) is 11.0. The molecule has 0 spiro atoms. The molecule has 1 saturated carbocycles. The number of nitrogens with one attached hydrogen (secondary N) is 2. The summed E-state index contributed by atoms with van der Waals surface area (Å²) in [5.41, 5.74) is 1.41. The van der Waals surface area contributed by atoms with Crippen molar-refractivity contribution in [1.29, 1.82) is 0 Å². The number of benzene rings is 1. The van der Waals surface area contributed by atoms with Crippen LogP contribution in [0.4, 0.5) is 5.69 Å². The smallest absolute Gasteiger partial charge is 0.230 e. The SMILES string of the molecule is CC[C@@H](C)NC(=O)C1(c2ccc(NC(C)=O)cc2)CCCCC1. The molecule has 126 valence electrons. The van der Waals surface area contributed by atoms with Gasteiger partial charge in [0.25, 0.3) is 0 Å². The summed E-state index contributed by atoms with van der Waals surface area (Å²) in [4.78, 5) is 24.1. The van der Waals surface area contributed by atoms with Crippen molar-refractivity contribution in [3.63, 3.8) is 0 Å². The van der Waals surface area contributed by atoms with E-state index in [9.17, 15) is 9.59 Å². The Balaban J connectivity index is 2.27. The van der Waals surface area contributed by atoms with Crippen LogP contribution < -0.4 is 10.6 Å². The molecule has 1 aliphatic rings. The minimum Gasteiger partial charge on any atom is -0.353 e. The zero-order chi connectivity index (χ0) is 16.9. The topological polar surface area (TPSA) is 58.2 Å². The van der Waals surface area contributed by atoms with Gasteiger partial charge >= 0.3 is 0 Å². The van der Waals surface area contributed by atoms with Crippen LogP contribution in [0.25, 0.3) is 0 Å². The van der Waals surface area contributed by atoms with Crippen LogP contribution in [0.15, 0.2) is 24.3 Å². The molecule has 2 amide bonds. The van der Waals surface area contributed by atoms with Gasteiger partial charge in [0.2, 0.25) is 11.8 Å². The second kappa shape index (κ2) is 7.62. The Morgan fingerprint density at radius 1 is 1.13 bits per heavy atom. The van der Waals surface area contributed by atoms with Crippen molar-refractivity contribution in [3.05, 3.63) is 29.8 Å². The third kappa shape index (κ3) is 4.12. The summed E-state index contributed by atoms with van der Waals surface area (Å²) in [5, 5.41) is 5.96. The average molecular weight is 316 g/mol. The minimum atomic E-state index is -0.420. The Morgan fingerprint density at radius 3 is 2.26 bits per heavy atom. The highest BCUT2D eigenvalue weighted by Gasteiger charge is 2.41. The Kier molecular flexibility index (Phi) is 5.80. The van der Waals surface area contributed by atoms with Gasteiger partial charge in [0.1, 0.15) is 0 Å². The number of carbonyl (C=O) groups excluding carboxylic acids is 2. The second-order valence-corrected chi connectivity index (χ2v) is 6.68. The summed E-state index contributed by atoms with van der Waals surface area (Å²) < 4.78 is 0. The van der Waals surface area contributed by atoms with Gasteiger partial charge in [-0.2, -0.15) is 0 Å². The van der Waals surface area contributed by atoms with E-state index in [-0.39, 0.29) is 17.9 Å². The molecule has 2 N–H and O–H groups in total. The lowest BCUT2D eigenvalue weighted by atomic mass is 9.68. The van der Waals surface area contributed by atoms with Gasteiger partial charge in [0.05, 0.1) is 5.41 Å². The van der Waals surface area contributed by atoms with Gasteiger partial charge in [-0.15, -0.1) is 0 Å². The van der Waals surface area contributed by atoms with Gasteiger partial charge in [-0.1, -0.05) is 38.3 Å². The van der Waals surface area contributed by atoms with Gasteiger partial charge in [-0.05, 0) is 43.9 Å². The lowest BCUT2D eigenvalue weighted by Gasteiger charge is -2.37. The van der Waals surface area contributed by atoms with E-state index in [0.717, 1.165) is 43.4 Å². The van der Waals surface area contributed by atoms with Crippen LogP contribution in [-0.2, 0) is 15.0 Å². The van der Waals surface area contributed by atoms with E-state index in [1.165, 1.54) is 13.3 Å². The van der Waals surface area contributed by atoms with Gasteiger partial charge in [0, 0.05) is 18.7 Å². The third-order valence-electron chi connectivity index (χ3n) is 4.89. The fourth-order valence-electron chi connectivity index (χ4n) is 3.34. The number of hydrogen-bond acceptors (Lipinski definition) is 2. The first kappa shape index (κ1) is 17.5. The Hall–Kier alpha value is -1.84. The third-order valence-corrected chi connectivity index (χ3v) is 4.89. The Labute approximate surface area is 139 Å². The van der Waals surface area contributed by atoms with E-state index in [2.05, 4.69) is 17.6 Å². The summed E-state index contributed by atoms with van der Waals surface area (Å²) in [7, 11) is 0. The predicted molar refractivity (Wildman–Crippen MR) is 93.4 cm³/mol. The predicted octanol–water partition coefficient (Wildman–Crippen LogP) is 3.76. The quantitative estimate of drug-likeness (QED) is 0.869. The molecule has 0 aromatic heterocycles. The maximum Gasteiger partial charge on any atom is 0.230 e. The number of amides is 2. The van der Waals surface area contributed by atoms with Crippen LogP contribution in [0.2, 0.25) is 0 Å². The molecule has 23 heavy (non-hydrogen) atoms. The zero-order valence-electron chi connectivity index (χ0n) is 14.4. The molecule has 1 aliphatic carbocycles. The Bertz CT molecular complexity index is 545. The molecule has 1 fully saturated rings. The lowest BCUT2D eigenvalue weighted by Crippen LogP contribution is -2.48. The summed E-state index contributed by atoms with van der Waals surface area (Å²) in [6, 6.07) is 7.97. The van der Waals surface area contributed by atoms with Crippen LogP contribution >= 0.6 is 0 Å². The second-order valence-electron chi connectivity index (χ2n) is 6.68. The van der Waals surface area contributed by atoms with Gasteiger partial charge < -0.3 is 10.6 Å². The number of hydrogen-bond donors (Lipinski definition) is 2. The average Bonchev–Trinajstić information content (AvgIpc) is 2.55. The molecular formula is C19H28N2O2. The number of carbonyl (C=O) groups is 2. The van der Waals surface area contributed by atoms with Gasteiger partial charge in [0.15, 0.2) is 0 Å². The highest BCUT2D eigenvalue weighted by molar-refractivity contribution is 5.90. The molecule has 1 aromatic carbocycles. The van der Waals surface area contributed by atoms with Crippen LogP contribution in [0, 0.1) is 0 Å².